The lowest BCUT2D eigenvalue weighted by Crippen LogP contribution is -2.33. The molecule has 2 N–H and O–H groups in total. The summed E-state index contributed by atoms with van der Waals surface area (Å²) in [5.41, 5.74) is -0.382. The van der Waals surface area contributed by atoms with Gasteiger partial charge in [0.25, 0.3) is 0 Å². The van der Waals surface area contributed by atoms with Gasteiger partial charge in [-0.25, -0.2) is 17.2 Å². The molecule has 1 aromatic rings. The fourth-order valence-electron chi connectivity index (χ4n) is 1.23. The van der Waals surface area contributed by atoms with Crippen LogP contribution in [0, 0.1) is 11.6 Å². The molecule has 0 saturated carbocycles. The van der Waals surface area contributed by atoms with E-state index in [4.69, 9.17) is 0 Å². The molecule has 0 aliphatic heterocycles. The van der Waals surface area contributed by atoms with Crippen LogP contribution in [0.3, 0.4) is 0 Å². The largest absolute Gasteiger partial charge is 0.318 e. The van der Waals surface area contributed by atoms with Gasteiger partial charge in [0.1, 0.15) is 0 Å². The summed E-state index contributed by atoms with van der Waals surface area (Å²) in [6, 6.07) is 3.32. The maximum atomic E-state index is 13.3. The highest BCUT2D eigenvalue weighted by atomic mass is 32.2. The number of hydrogen-bond acceptors (Lipinski definition) is 3. The molecule has 0 fully saturated rings. The predicted molar refractivity (Wildman–Crippen MR) is 62.3 cm³/mol. The van der Waals surface area contributed by atoms with Crippen LogP contribution in [-0.4, -0.2) is 27.3 Å². The molecule has 0 amide bonds. The van der Waals surface area contributed by atoms with E-state index in [2.05, 4.69) is 5.32 Å². The van der Waals surface area contributed by atoms with Crippen molar-refractivity contribution in [2.45, 2.75) is 12.2 Å². The Morgan fingerprint density at radius 1 is 1.35 bits per heavy atom. The quantitative estimate of drug-likeness (QED) is 0.843. The first-order chi connectivity index (χ1) is 7.88. The monoisotopic (exact) mass is 264 g/mol. The second kappa shape index (κ2) is 5.42. The van der Waals surface area contributed by atoms with Crippen LogP contribution < -0.4 is 10.0 Å². The fraction of sp³-hybridized carbons (Fsp3) is 0.400. The number of sulfonamides is 1. The minimum atomic E-state index is -3.73. The van der Waals surface area contributed by atoms with E-state index in [1.54, 1.807) is 7.05 Å². The maximum Gasteiger partial charge on any atom is 0.236 e. The van der Waals surface area contributed by atoms with Gasteiger partial charge in [0.15, 0.2) is 11.6 Å². The van der Waals surface area contributed by atoms with Crippen molar-refractivity contribution in [1.29, 1.82) is 0 Å². The summed E-state index contributed by atoms with van der Waals surface area (Å²) < 4.78 is 51.6. The van der Waals surface area contributed by atoms with Crippen molar-refractivity contribution in [1.82, 2.24) is 5.32 Å². The van der Waals surface area contributed by atoms with Gasteiger partial charge in [-0.2, -0.15) is 0 Å². The Hall–Kier alpha value is -1.21. The van der Waals surface area contributed by atoms with E-state index >= 15 is 0 Å². The zero-order valence-corrected chi connectivity index (χ0v) is 10.3. The Bertz CT molecular complexity index is 491. The van der Waals surface area contributed by atoms with Crippen LogP contribution in [-0.2, 0) is 10.0 Å². The summed E-state index contributed by atoms with van der Waals surface area (Å²) in [5.74, 6) is -2.29. The molecule has 0 spiro atoms. The third-order valence-electron chi connectivity index (χ3n) is 2.23. The van der Waals surface area contributed by atoms with Crippen molar-refractivity contribution in [3.63, 3.8) is 0 Å². The van der Waals surface area contributed by atoms with Gasteiger partial charge in [-0.1, -0.05) is 6.07 Å². The molecule has 0 saturated heterocycles. The highest BCUT2D eigenvalue weighted by molar-refractivity contribution is 7.93. The number of benzene rings is 1. The summed E-state index contributed by atoms with van der Waals surface area (Å²) in [5, 5.41) is 1.94. The summed E-state index contributed by atoms with van der Waals surface area (Å²) in [7, 11) is -2.13. The molecule has 1 unspecified atom stereocenters. The smallest absolute Gasteiger partial charge is 0.236 e. The molecule has 0 aliphatic carbocycles. The number of rotatable bonds is 5. The van der Waals surface area contributed by atoms with E-state index in [0.717, 1.165) is 6.07 Å². The fourth-order valence-corrected chi connectivity index (χ4v) is 2.29. The van der Waals surface area contributed by atoms with Crippen LogP contribution >= 0.6 is 0 Å². The molecule has 17 heavy (non-hydrogen) atoms. The number of halogens is 2. The zero-order chi connectivity index (χ0) is 13.1. The van der Waals surface area contributed by atoms with Crippen LogP contribution in [0.1, 0.15) is 6.92 Å². The van der Waals surface area contributed by atoms with Crippen molar-refractivity contribution in [2.75, 3.05) is 18.3 Å². The van der Waals surface area contributed by atoms with E-state index in [-0.39, 0.29) is 12.2 Å². The maximum absolute atomic E-state index is 13.3. The van der Waals surface area contributed by atoms with Gasteiger partial charge < -0.3 is 5.32 Å². The van der Waals surface area contributed by atoms with E-state index < -0.39 is 26.9 Å². The van der Waals surface area contributed by atoms with E-state index in [1.807, 2.05) is 4.72 Å². The molecular formula is C10H14F2N2O2S. The lowest BCUT2D eigenvalue weighted by Gasteiger charge is -2.14. The summed E-state index contributed by atoms with van der Waals surface area (Å²) in [6.07, 6.45) is 0. The van der Waals surface area contributed by atoms with Crippen molar-refractivity contribution in [3.05, 3.63) is 29.8 Å². The van der Waals surface area contributed by atoms with E-state index in [1.165, 1.54) is 19.1 Å². The zero-order valence-electron chi connectivity index (χ0n) is 9.50. The first-order valence-electron chi connectivity index (χ1n) is 4.98. The number of anilines is 1. The Morgan fingerprint density at radius 3 is 2.59 bits per heavy atom. The Morgan fingerprint density at radius 2 is 2.00 bits per heavy atom. The van der Waals surface area contributed by atoms with Gasteiger partial charge in [0, 0.05) is 6.54 Å². The Kier molecular flexibility index (Phi) is 4.41. The standard InChI is InChI=1S/C10H14F2N2O2S/c1-7(6-13-2)17(15,16)14-9-5-3-4-8(11)10(9)12/h3-5,7,13-14H,6H2,1-2H3. The Balaban J connectivity index is 2.94. The van der Waals surface area contributed by atoms with Gasteiger partial charge in [-0.05, 0) is 26.1 Å². The topological polar surface area (TPSA) is 58.2 Å². The summed E-state index contributed by atoms with van der Waals surface area (Å²) in [6.45, 7) is 1.68. The van der Waals surface area contributed by atoms with Crippen molar-refractivity contribution < 1.29 is 17.2 Å². The molecule has 0 aromatic heterocycles. The lowest BCUT2D eigenvalue weighted by atomic mass is 10.3. The molecule has 0 aliphatic rings. The van der Waals surface area contributed by atoms with Gasteiger partial charge in [-0.15, -0.1) is 0 Å². The van der Waals surface area contributed by atoms with Crippen molar-refractivity contribution in [3.8, 4) is 0 Å². The molecule has 1 aromatic carbocycles. The molecule has 0 radical (unpaired) electrons. The highest BCUT2D eigenvalue weighted by Gasteiger charge is 2.21. The third kappa shape index (κ3) is 3.37. The molecule has 0 heterocycles. The number of hydrogen-bond donors (Lipinski definition) is 2. The Labute approximate surface area is 99.1 Å². The molecular weight excluding hydrogens is 250 g/mol. The van der Waals surface area contributed by atoms with E-state index in [0.29, 0.717) is 0 Å². The summed E-state index contributed by atoms with van der Waals surface area (Å²) in [4.78, 5) is 0. The third-order valence-corrected chi connectivity index (χ3v) is 3.96. The first kappa shape index (κ1) is 13.9. The van der Waals surface area contributed by atoms with Gasteiger partial charge in [0.05, 0.1) is 10.9 Å². The van der Waals surface area contributed by atoms with Crippen LogP contribution in [0.15, 0.2) is 18.2 Å². The first-order valence-corrected chi connectivity index (χ1v) is 6.53. The molecule has 1 rings (SSSR count). The van der Waals surface area contributed by atoms with Crippen molar-refractivity contribution >= 4 is 15.7 Å². The summed E-state index contributed by atoms with van der Waals surface area (Å²) >= 11 is 0. The predicted octanol–water partition coefficient (Wildman–Crippen LogP) is 1.31. The normalized spacial score (nSPS) is 13.4. The molecule has 96 valence electrons. The molecule has 4 nitrogen and oxygen atoms in total. The second-order valence-corrected chi connectivity index (χ2v) is 5.72. The molecule has 1 atom stereocenters. The average Bonchev–Trinajstić information content (AvgIpc) is 2.25. The second-order valence-electron chi connectivity index (χ2n) is 3.62. The lowest BCUT2D eigenvalue weighted by molar-refractivity contribution is 0.511. The van der Waals surface area contributed by atoms with Gasteiger partial charge in [0.2, 0.25) is 10.0 Å². The van der Waals surface area contributed by atoms with Gasteiger partial charge in [-0.3, -0.25) is 4.72 Å². The van der Waals surface area contributed by atoms with Crippen LogP contribution in [0.4, 0.5) is 14.5 Å². The molecule has 7 heteroatoms. The minimum Gasteiger partial charge on any atom is -0.318 e. The van der Waals surface area contributed by atoms with Crippen molar-refractivity contribution in [2.24, 2.45) is 0 Å². The van der Waals surface area contributed by atoms with E-state index in [9.17, 15) is 17.2 Å². The highest BCUT2D eigenvalue weighted by Crippen LogP contribution is 2.18. The average molecular weight is 264 g/mol. The van der Waals surface area contributed by atoms with Gasteiger partial charge >= 0.3 is 0 Å². The number of nitrogens with one attached hydrogen (secondary N) is 2. The SMILES string of the molecule is CNCC(C)S(=O)(=O)Nc1cccc(F)c1F. The van der Waals surface area contributed by atoms with Crippen LogP contribution in [0.2, 0.25) is 0 Å². The minimum absolute atomic E-state index is 0.215. The van der Waals surface area contributed by atoms with Crippen LogP contribution in [0.5, 0.6) is 0 Å². The van der Waals surface area contributed by atoms with Crippen LogP contribution in [0.25, 0.3) is 0 Å². The molecule has 0 bridgehead atoms.